The molecular formula is C16H22N2O3. The van der Waals surface area contributed by atoms with Crippen molar-refractivity contribution in [2.45, 2.75) is 44.7 Å². The number of hydrogen-bond donors (Lipinski definition) is 2. The number of carbonyl (C=O) groups is 2. The maximum Gasteiger partial charge on any atom is 0.337 e. The molecule has 0 bridgehead atoms. The van der Waals surface area contributed by atoms with Crippen molar-refractivity contribution in [2.75, 3.05) is 12.4 Å². The first-order chi connectivity index (χ1) is 10.1. The summed E-state index contributed by atoms with van der Waals surface area (Å²) >= 11 is 0. The number of ether oxygens (including phenoxy) is 1. The number of esters is 1. The van der Waals surface area contributed by atoms with E-state index in [0.717, 1.165) is 18.5 Å². The van der Waals surface area contributed by atoms with Crippen LogP contribution in [0.25, 0.3) is 0 Å². The van der Waals surface area contributed by atoms with E-state index >= 15 is 0 Å². The Kier molecular flexibility index (Phi) is 5.20. The van der Waals surface area contributed by atoms with Gasteiger partial charge in [0.05, 0.1) is 12.7 Å². The van der Waals surface area contributed by atoms with Crippen molar-refractivity contribution in [2.24, 2.45) is 0 Å². The summed E-state index contributed by atoms with van der Waals surface area (Å²) in [6.45, 7) is 1.83. The maximum atomic E-state index is 12.1. The summed E-state index contributed by atoms with van der Waals surface area (Å²) in [4.78, 5) is 23.4. The fourth-order valence-electron chi connectivity index (χ4n) is 2.53. The summed E-state index contributed by atoms with van der Waals surface area (Å²) < 4.78 is 4.65. The lowest BCUT2D eigenvalue weighted by Gasteiger charge is -2.18. The number of methoxy groups -OCH3 is 1. The Morgan fingerprint density at radius 2 is 1.81 bits per heavy atom. The first-order valence-electron chi connectivity index (χ1n) is 7.35. The quantitative estimate of drug-likeness (QED) is 0.817. The van der Waals surface area contributed by atoms with E-state index in [1.54, 1.807) is 24.3 Å². The third-order valence-electron chi connectivity index (χ3n) is 3.78. The van der Waals surface area contributed by atoms with Crippen LogP contribution in [0, 0.1) is 0 Å². The Labute approximate surface area is 125 Å². The molecule has 0 spiro atoms. The second-order valence-electron chi connectivity index (χ2n) is 5.42. The number of carbonyl (C=O) groups excluding carboxylic acids is 2. The summed E-state index contributed by atoms with van der Waals surface area (Å²) in [5, 5.41) is 6.20. The van der Waals surface area contributed by atoms with E-state index in [1.807, 2.05) is 6.92 Å². The van der Waals surface area contributed by atoms with Crippen LogP contribution in [0.15, 0.2) is 24.3 Å². The monoisotopic (exact) mass is 290 g/mol. The lowest BCUT2D eigenvalue weighted by molar-refractivity contribution is -0.122. The summed E-state index contributed by atoms with van der Waals surface area (Å²) in [5.74, 6) is -0.354. The molecule has 0 aliphatic heterocycles. The third kappa shape index (κ3) is 4.21. The topological polar surface area (TPSA) is 67.4 Å². The molecule has 0 saturated heterocycles. The Bertz CT molecular complexity index is 493. The number of amides is 1. The Balaban J connectivity index is 1.87. The Morgan fingerprint density at radius 3 is 2.38 bits per heavy atom. The average Bonchev–Trinajstić information content (AvgIpc) is 3.00. The number of benzene rings is 1. The summed E-state index contributed by atoms with van der Waals surface area (Å²) in [6, 6.07) is 6.90. The molecule has 1 aliphatic rings. The zero-order valence-electron chi connectivity index (χ0n) is 12.5. The van der Waals surface area contributed by atoms with Gasteiger partial charge < -0.3 is 15.4 Å². The molecule has 1 amide bonds. The van der Waals surface area contributed by atoms with Gasteiger partial charge >= 0.3 is 5.97 Å². The van der Waals surface area contributed by atoms with Crippen LogP contribution < -0.4 is 10.6 Å². The van der Waals surface area contributed by atoms with Gasteiger partial charge in [0.15, 0.2) is 0 Å². The fourth-order valence-corrected chi connectivity index (χ4v) is 2.53. The van der Waals surface area contributed by atoms with Crippen LogP contribution in [0.5, 0.6) is 0 Å². The van der Waals surface area contributed by atoms with E-state index in [0.29, 0.717) is 11.6 Å². The van der Waals surface area contributed by atoms with Gasteiger partial charge in [-0.1, -0.05) is 12.8 Å². The highest BCUT2D eigenvalue weighted by molar-refractivity contribution is 5.90. The molecule has 0 radical (unpaired) electrons. The molecule has 21 heavy (non-hydrogen) atoms. The highest BCUT2D eigenvalue weighted by Crippen LogP contribution is 2.18. The predicted octanol–water partition coefficient (Wildman–Crippen LogP) is 2.33. The zero-order chi connectivity index (χ0) is 15.2. The molecule has 1 aromatic rings. The molecule has 0 unspecified atom stereocenters. The van der Waals surface area contributed by atoms with Crippen LogP contribution in [-0.4, -0.2) is 31.1 Å². The van der Waals surface area contributed by atoms with Crippen molar-refractivity contribution < 1.29 is 14.3 Å². The van der Waals surface area contributed by atoms with Crippen molar-refractivity contribution in [1.82, 2.24) is 5.32 Å². The molecule has 114 valence electrons. The minimum Gasteiger partial charge on any atom is -0.465 e. The highest BCUT2D eigenvalue weighted by Gasteiger charge is 2.20. The minimum absolute atomic E-state index is 0.0129. The van der Waals surface area contributed by atoms with E-state index in [9.17, 15) is 9.59 Å². The van der Waals surface area contributed by atoms with E-state index in [4.69, 9.17) is 0 Å². The molecule has 0 heterocycles. The van der Waals surface area contributed by atoms with Crippen molar-refractivity contribution in [3.63, 3.8) is 0 Å². The van der Waals surface area contributed by atoms with Crippen molar-refractivity contribution in [3.8, 4) is 0 Å². The average molecular weight is 290 g/mol. The van der Waals surface area contributed by atoms with Crippen LogP contribution in [-0.2, 0) is 9.53 Å². The summed E-state index contributed by atoms with van der Waals surface area (Å²) in [7, 11) is 1.35. The van der Waals surface area contributed by atoms with Crippen LogP contribution in [0.4, 0.5) is 5.69 Å². The van der Waals surface area contributed by atoms with Crippen LogP contribution in [0.1, 0.15) is 43.0 Å². The number of anilines is 1. The predicted molar refractivity (Wildman–Crippen MR) is 81.3 cm³/mol. The third-order valence-corrected chi connectivity index (χ3v) is 3.78. The molecule has 1 atom stereocenters. The molecule has 5 nitrogen and oxygen atoms in total. The zero-order valence-corrected chi connectivity index (χ0v) is 12.5. The van der Waals surface area contributed by atoms with Gasteiger partial charge in [-0.25, -0.2) is 4.79 Å². The molecular weight excluding hydrogens is 268 g/mol. The Hall–Kier alpha value is -2.04. The van der Waals surface area contributed by atoms with Crippen molar-refractivity contribution in [3.05, 3.63) is 29.8 Å². The lowest BCUT2D eigenvalue weighted by atomic mass is 10.2. The molecule has 0 aromatic heterocycles. The van der Waals surface area contributed by atoms with E-state index in [2.05, 4.69) is 15.4 Å². The second-order valence-corrected chi connectivity index (χ2v) is 5.42. The van der Waals surface area contributed by atoms with Gasteiger partial charge in [-0.05, 0) is 44.0 Å². The van der Waals surface area contributed by atoms with Crippen LogP contribution >= 0.6 is 0 Å². The van der Waals surface area contributed by atoms with Crippen molar-refractivity contribution >= 4 is 17.6 Å². The van der Waals surface area contributed by atoms with Crippen LogP contribution in [0.2, 0.25) is 0 Å². The standard InChI is InChI=1S/C16H22N2O3/c1-11(15(19)18-13-5-3-4-6-13)17-14-9-7-12(8-10-14)16(20)21-2/h7-11,13,17H,3-6H2,1-2H3,(H,18,19)/t11-/m1/s1. The number of rotatable bonds is 5. The largest absolute Gasteiger partial charge is 0.465 e. The smallest absolute Gasteiger partial charge is 0.337 e. The molecule has 2 rings (SSSR count). The second kappa shape index (κ2) is 7.11. The highest BCUT2D eigenvalue weighted by atomic mass is 16.5. The summed E-state index contributed by atoms with van der Waals surface area (Å²) in [5.41, 5.74) is 1.29. The normalized spacial score (nSPS) is 16.3. The molecule has 5 heteroatoms. The number of nitrogens with one attached hydrogen (secondary N) is 2. The first kappa shape index (κ1) is 15.4. The van der Waals surface area contributed by atoms with E-state index < -0.39 is 0 Å². The Morgan fingerprint density at radius 1 is 1.19 bits per heavy atom. The van der Waals surface area contributed by atoms with Gasteiger partial charge in [0.1, 0.15) is 6.04 Å². The van der Waals surface area contributed by atoms with Gasteiger partial charge in [0.25, 0.3) is 0 Å². The van der Waals surface area contributed by atoms with Gasteiger partial charge in [0.2, 0.25) is 5.91 Å². The molecule has 1 aliphatic carbocycles. The lowest BCUT2D eigenvalue weighted by Crippen LogP contribution is -2.42. The van der Waals surface area contributed by atoms with Gasteiger partial charge in [-0.3, -0.25) is 4.79 Å². The SMILES string of the molecule is COC(=O)c1ccc(N[C@H](C)C(=O)NC2CCCC2)cc1. The summed E-state index contributed by atoms with van der Waals surface area (Å²) in [6.07, 6.45) is 4.54. The van der Waals surface area contributed by atoms with Gasteiger partial charge in [0, 0.05) is 11.7 Å². The van der Waals surface area contributed by atoms with Crippen LogP contribution in [0.3, 0.4) is 0 Å². The fraction of sp³-hybridized carbons (Fsp3) is 0.500. The molecule has 1 fully saturated rings. The molecule has 1 aromatic carbocycles. The number of hydrogen-bond acceptors (Lipinski definition) is 4. The first-order valence-corrected chi connectivity index (χ1v) is 7.35. The van der Waals surface area contributed by atoms with E-state index in [-0.39, 0.29) is 17.9 Å². The van der Waals surface area contributed by atoms with Crippen molar-refractivity contribution in [1.29, 1.82) is 0 Å². The maximum absolute atomic E-state index is 12.1. The minimum atomic E-state index is -0.367. The van der Waals surface area contributed by atoms with Gasteiger partial charge in [-0.15, -0.1) is 0 Å². The van der Waals surface area contributed by atoms with Gasteiger partial charge in [-0.2, -0.15) is 0 Å². The van der Waals surface area contributed by atoms with E-state index in [1.165, 1.54) is 20.0 Å². The molecule has 1 saturated carbocycles. The molecule has 2 N–H and O–H groups in total.